The number of rotatable bonds is 3. The lowest BCUT2D eigenvalue weighted by Gasteiger charge is -2.36. The highest BCUT2D eigenvalue weighted by molar-refractivity contribution is 5.77. The molecule has 20 heavy (non-hydrogen) atoms. The molecule has 1 aromatic rings. The van der Waals surface area contributed by atoms with Crippen LogP contribution in [0.15, 0.2) is 6.07 Å². The first-order chi connectivity index (χ1) is 9.38. The third-order valence-electron chi connectivity index (χ3n) is 3.93. The van der Waals surface area contributed by atoms with Gasteiger partial charge in [0.25, 0.3) is 0 Å². The zero-order valence-electron chi connectivity index (χ0n) is 12.2. The Morgan fingerprint density at radius 1 is 1.45 bits per heavy atom. The van der Waals surface area contributed by atoms with Crippen LogP contribution in [-0.2, 0) is 16.1 Å². The average Bonchev–Trinajstić information content (AvgIpc) is 2.67. The molecule has 0 bridgehead atoms. The van der Waals surface area contributed by atoms with Gasteiger partial charge in [-0.25, -0.2) is 0 Å². The van der Waals surface area contributed by atoms with Gasteiger partial charge in [0.05, 0.1) is 11.6 Å². The molecule has 2 unspecified atom stereocenters. The van der Waals surface area contributed by atoms with Crippen molar-refractivity contribution >= 4 is 11.9 Å². The van der Waals surface area contributed by atoms with E-state index in [0.717, 1.165) is 11.4 Å². The minimum Gasteiger partial charge on any atom is -0.481 e. The second kappa shape index (κ2) is 5.64. The summed E-state index contributed by atoms with van der Waals surface area (Å²) in [6, 6.07) is 1.90. The molecule has 1 N–H and O–H groups in total. The van der Waals surface area contributed by atoms with Crippen LogP contribution < -0.4 is 0 Å². The summed E-state index contributed by atoms with van der Waals surface area (Å²) in [5, 5.41) is 13.3. The van der Waals surface area contributed by atoms with E-state index in [4.69, 9.17) is 5.11 Å². The monoisotopic (exact) mass is 279 g/mol. The molecule has 2 heterocycles. The third kappa shape index (κ3) is 3.00. The largest absolute Gasteiger partial charge is 0.481 e. The van der Waals surface area contributed by atoms with Crippen molar-refractivity contribution in [2.24, 2.45) is 5.92 Å². The molecular formula is C14H21N3O3. The Morgan fingerprint density at radius 2 is 2.15 bits per heavy atom. The fourth-order valence-electron chi connectivity index (χ4n) is 2.82. The Balaban J connectivity index is 2.00. The summed E-state index contributed by atoms with van der Waals surface area (Å²) in [4.78, 5) is 25.1. The van der Waals surface area contributed by atoms with Crippen LogP contribution in [0.5, 0.6) is 0 Å². The Kier molecular flexibility index (Phi) is 4.11. The lowest BCUT2D eigenvalue weighted by molar-refractivity contribution is -0.147. The SMILES string of the molecule is Cc1cc(C)n(CC(=O)N2CCC(C(=O)O)CC2C)n1. The maximum Gasteiger partial charge on any atom is 0.306 e. The number of amides is 1. The van der Waals surface area contributed by atoms with Gasteiger partial charge in [0.15, 0.2) is 0 Å². The van der Waals surface area contributed by atoms with E-state index in [1.165, 1.54) is 0 Å². The van der Waals surface area contributed by atoms with Gasteiger partial charge in [0.1, 0.15) is 6.54 Å². The second-order valence-electron chi connectivity index (χ2n) is 5.58. The number of likely N-dealkylation sites (tertiary alicyclic amines) is 1. The van der Waals surface area contributed by atoms with Crippen molar-refractivity contribution in [3.63, 3.8) is 0 Å². The smallest absolute Gasteiger partial charge is 0.306 e. The molecule has 0 spiro atoms. The number of hydrogen-bond acceptors (Lipinski definition) is 3. The van der Waals surface area contributed by atoms with Gasteiger partial charge >= 0.3 is 5.97 Å². The van der Waals surface area contributed by atoms with Crippen LogP contribution in [0.3, 0.4) is 0 Å². The van der Waals surface area contributed by atoms with Crippen LogP contribution in [0.1, 0.15) is 31.2 Å². The first kappa shape index (κ1) is 14.6. The molecule has 1 fully saturated rings. The van der Waals surface area contributed by atoms with Crippen LogP contribution in [0.2, 0.25) is 0 Å². The number of carboxylic acid groups (broad SMARTS) is 1. The number of piperidine rings is 1. The molecule has 6 heteroatoms. The van der Waals surface area contributed by atoms with Gasteiger partial charge in [-0.3, -0.25) is 14.3 Å². The summed E-state index contributed by atoms with van der Waals surface area (Å²) < 4.78 is 1.70. The van der Waals surface area contributed by atoms with Gasteiger partial charge in [-0.05, 0) is 39.7 Å². The molecule has 110 valence electrons. The van der Waals surface area contributed by atoms with E-state index in [0.29, 0.717) is 19.4 Å². The van der Waals surface area contributed by atoms with Gasteiger partial charge in [0.2, 0.25) is 5.91 Å². The van der Waals surface area contributed by atoms with Crippen molar-refractivity contribution in [2.75, 3.05) is 6.54 Å². The summed E-state index contributed by atoms with van der Waals surface area (Å²) in [7, 11) is 0. The lowest BCUT2D eigenvalue weighted by Crippen LogP contribution is -2.47. The molecule has 0 saturated carbocycles. The van der Waals surface area contributed by atoms with Crippen LogP contribution in [-0.4, -0.2) is 44.3 Å². The molecule has 2 rings (SSSR count). The number of aromatic nitrogens is 2. The highest BCUT2D eigenvalue weighted by atomic mass is 16.4. The highest BCUT2D eigenvalue weighted by Crippen LogP contribution is 2.23. The molecule has 1 saturated heterocycles. The number of nitrogens with zero attached hydrogens (tertiary/aromatic N) is 3. The molecule has 0 radical (unpaired) electrons. The molecule has 1 aliphatic heterocycles. The maximum atomic E-state index is 12.3. The molecule has 6 nitrogen and oxygen atoms in total. The summed E-state index contributed by atoms with van der Waals surface area (Å²) in [5.74, 6) is -1.09. The topological polar surface area (TPSA) is 75.4 Å². The van der Waals surface area contributed by atoms with Gasteiger partial charge in [0, 0.05) is 18.3 Å². The number of hydrogen-bond donors (Lipinski definition) is 1. The number of aliphatic carboxylic acids is 1. The van der Waals surface area contributed by atoms with E-state index in [9.17, 15) is 9.59 Å². The summed E-state index contributed by atoms with van der Waals surface area (Å²) >= 11 is 0. The average molecular weight is 279 g/mol. The second-order valence-corrected chi connectivity index (χ2v) is 5.58. The first-order valence-electron chi connectivity index (χ1n) is 6.92. The standard InChI is InChI=1S/C14H21N3O3/c1-9-6-11(3)17(15-9)8-13(18)16-5-4-12(14(19)20)7-10(16)2/h6,10,12H,4-5,7-8H2,1-3H3,(H,19,20). The van der Waals surface area contributed by atoms with E-state index >= 15 is 0 Å². The van der Waals surface area contributed by atoms with E-state index < -0.39 is 5.97 Å². The number of carbonyl (C=O) groups is 2. The maximum absolute atomic E-state index is 12.3. The van der Waals surface area contributed by atoms with Crippen molar-refractivity contribution in [1.82, 2.24) is 14.7 Å². The van der Waals surface area contributed by atoms with Gasteiger partial charge in [-0.15, -0.1) is 0 Å². The molecule has 0 aromatic carbocycles. The first-order valence-corrected chi connectivity index (χ1v) is 6.92. The Labute approximate surface area is 118 Å². The fraction of sp³-hybridized carbons (Fsp3) is 0.643. The molecule has 1 aliphatic rings. The van der Waals surface area contributed by atoms with Crippen molar-refractivity contribution in [2.45, 2.75) is 46.2 Å². The van der Waals surface area contributed by atoms with Crippen LogP contribution in [0, 0.1) is 19.8 Å². The minimum atomic E-state index is -0.762. The highest BCUT2D eigenvalue weighted by Gasteiger charge is 2.32. The lowest BCUT2D eigenvalue weighted by atomic mass is 9.92. The predicted molar refractivity (Wildman–Crippen MR) is 73.2 cm³/mol. The normalized spacial score (nSPS) is 22.9. The van der Waals surface area contributed by atoms with Crippen LogP contribution in [0.25, 0.3) is 0 Å². The third-order valence-corrected chi connectivity index (χ3v) is 3.93. The Hall–Kier alpha value is -1.85. The predicted octanol–water partition coefficient (Wildman–Crippen LogP) is 1.21. The minimum absolute atomic E-state index is 0.00698. The summed E-state index contributed by atoms with van der Waals surface area (Å²) in [5.41, 5.74) is 1.86. The number of carboxylic acids is 1. The van der Waals surface area contributed by atoms with Crippen LogP contribution >= 0.6 is 0 Å². The van der Waals surface area contributed by atoms with Crippen molar-refractivity contribution < 1.29 is 14.7 Å². The van der Waals surface area contributed by atoms with Crippen LogP contribution in [0.4, 0.5) is 0 Å². The molecule has 1 aromatic heterocycles. The molecule has 2 atom stereocenters. The quantitative estimate of drug-likeness (QED) is 0.902. The van der Waals surface area contributed by atoms with Gasteiger partial charge in [-0.2, -0.15) is 5.10 Å². The summed E-state index contributed by atoms with van der Waals surface area (Å²) in [6.07, 6.45) is 1.06. The van der Waals surface area contributed by atoms with E-state index in [1.807, 2.05) is 26.8 Å². The molecule has 1 amide bonds. The van der Waals surface area contributed by atoms with E-state index in [2.05, 4.69) is 5.10 Å². The van der Waals surface area contributed by atoms with Crippen molar-refractivity contribution in [1.29, 1.82) is 0 Å². The number of aryl methyl sites for hydroxylation is 2. The van der Waals surface area contributed by atoms with E-state index in [-0.39, 0.29) is 24.4 Å². The zero-order valence-corrected chi connectivity index (χ0v) is 12.2. The fourth-order valence-corrected chi connectivity index (χ4v) is 2.82. The Morgan fingerprint density at radius 3 is 2.65 bits per heavy atom. The van der Waals surface area contributed by atoms with Crippen molar-refractivity contribution in [3.8, 4) is 0 Å². The Bertz CT molecular complexity index is 524. The van der Waals surface area contributed by atoms with E-state index in [1.54, 1.807) is 9.58 Å². The van der Waals surface area contributed by atoms with Gasteiger partial charge < -0.3 is 10.0 Å². The van der Waals surface area contributed by atoms with Gasteiger partial charge in [-0.1, -0.05) is 0 Å². The zero-order chi connectivity index (χ0) is 14.9. The molecular weight excluding hydrogens is 258 g/mol. The molecule has 0 aliphatic carbocycles. The van der Waals surface area contributed by atoms with Crippen molar-refractivity contribution in [3.05, 3.63) is 17.5 Å². The summed E-state index contributed by atoms with van der Waals surface area (Å²) in [6.45, 7) is 6.47. The number of carbonyl (C=O) groups excluding carboxylic acids is 1.